The largest absolute Gasteiger partial charge is 0.356 e. The molecule has 0 saturated carbocycles. The highest BCUT2D eigenvalue weighted by molar-refractivity contribution is 8.05. The van der Waals surface area contributed by atoms with E-state index in [1.54, 1.807) is 0 Å². The maximum absolute atomic E-state index is 10.9. The lowest BCUT2D eigenvalue weighted by Crippen LogP contribution is -2.24. The SMILES string of the molecule is CCCCCCCCS(=O)(=O)C(N)=O. The molecule has 14 heavy (non-hydrogen) atoms. The number of nitrogens with two attached hydrogens (primary N) is 1. The molecule has 2 N–H and O–H groups in total. The molecule has 0 aliphatic carbocycles. The molecule has 0 heterocycles. The summed E-state index contributed by atoms with van der Waals surface area (Å²) in [6.07, 6.45) is 5.90. The smallest absolute Gasteiger partial charge is 0.333 e. The maximum Gasteiger partial charge on any atom is 0.333 e. The second-order valence-electron chi connectivity index (χ2n) is 3.41. The van der Waals surface area contributed by atoms with Crippen LogP contribution in [0.5, 0.6) is 0 Å². The highest BCUT2D eigenvalue weighted by Gasteiger charge is 2.16. The zero-order chi connectivity index (χ0) is 11.0. The molecule has 0 aromatic rings. The van der Waals surface area contributed by atoms with Crippen LogP contribution in [0.1, 0.15) is 45.4 Å². The summed E-state index contributed by atoms with van der Waals surface area (Å²) in [4.78, 5) is 10.4. The van der Waals surface area contributed by atoms with Crippen LogP contribution in [-0.2, 0) is 9.84 Å². The molecule has 0 atom stereocenters. The predicted octanol–water partition coefficient (Wildman–Crippen LogP) is 1.84. The number of rotatable bonds is 7. The summed E-state index contributed by atoms with van der Waals surface area (Å²) in [5.41, 5.74) is 4.71. The van der Waals surface area contributed by atoms with Crippen molar-refractivity contribution in [3.05, 3.63) is 0 Å². The van der Waals surface area contributed by atoms with Crippen molar-refractivity contribution in [3.8, 4) is 0 Å². The molecule has 5 heteroatoms. The highest BCUT2D eigenvalue weighted by Crippen LogP contribution is 2.06. The molecular weight excluding hydrogens is 202 g/mol. The van der Waals surface area contributed by atoms with E-state index in [9.17, 15) is 13.2 Å². The Bertz CT molecular complexity index is 259. The van der Waals surface area contributed by atoms with Crippen LogP contribution in [0.2, 0.25) is 0 Å². The first-order chi connectivity index (χ1) is 6.50. The summed E-state index contributed by atoms with van der Waals surface area (Å²) in [5, 5.41) is -1.20. The Morgan fingerprint density at radius 1 is 1.07 bits per heavy atom. The lowest BCUT2D eigenvalue weighted by atomic mass is 10.1. The molecule has 0 unspecified atom stereocenters. The molecule has 0 radical (unpaired) electrons. The molecule has 84 valence electrons. The summed E-state index contributed by atoms with van der Waals surface area (Å²) < 4.78 is 21.9. The second-order valence-corrected chi connectivity index (χ2v) is 5.45. The Labute approximate surface area is 85.8 Å². The quantitative estimate of drug-likeness (QED) is 0.666. The molecule has 0 fully saturated rings. The van der Waals surface area contributed by atoms with E-state index in [0.717, 1.165) is 19.3 Å². The minimum atomic E-state index is -3.65. The van der Waals surface area contributed by atoms with Gasteiger partial charge in [-0.15, -0.1) is 0 Å². The van der Waals surface area contributed by atoms with Crippen LogP contribution in [0.25, 0.3) is 0 Å². The van der Waals surface area contributed by atoms with Crippen LogP contribution >= 0.6 is 0 Å². The minimum absolute atomic E-state index is 0.103. The van der Waals surface area contributed by atoms with Crippen molar-refractivity contribution in [3.63, 3.8) is 0 Å². The van der Waals surface area contributed by atoms with Crippen molar-refractivity contribution < 1.29 is 13.2 Å². The first kappa shape index (κ1) is 13.4. The molecule has 0 rings (SSSR count). The maximum atomic E-state index is 10.9. The average Bonchev–Trinajstić information content (AvgIpc) is 2.10. The van der Waals surface area contributed by atoms with Crippen LogP contribution in [0.3, 0.4) is 0 Å². The van der Waals surface area contributed by atoms with Gasteiger partial charge in [-0.3, -0.25) is 4.79 Å². The van der Waals surface area contributed by atoms with E-state index in [4.69, 9.17) is 5.73 Å². The van der Waals surface area contributed by atoms with Crippen LogP contribution in [0.15, 0.2) is 0 Å². The van der Waals surface area contributed by atoms with Crippen molar-refractivity contribution in [2.75, 3.05) is 5.75 Å². The Hall–Kier alpha value is -0.580. The Morgan fingerprint density at radius 3 is 2.07 bits per heavy atom. The van der Waals surface area contributed by atoms with Crippen molar-refractivity contribution in [1.29, 1.82) is 0 Å². The first-order valence-corrected chi connectivity index (χ1v) is 6.68. The molecule has 0 saturated heterocycles. The molecular formula is C9H19NO3S. The molecule has 0 aromatic heterocycles. The van der Waals surface area contributed by atoms with E-state index in [1.165, 1.54) is 12.8 Å². The van der Waals surface area contributed by atoms with Crippen LogP contribution in [0.4, 0.5) is 4.79 Å². The normalized spacial score (nSPS) is 11.5. The molecule has 1 amide bonds. The highest BCUT2D eigenvalue weighted by atomic mass is 32.2. The van der Waals surface area contributed by atoms with Gasteiger partial charge in [-0.05, 0) is 6.42 Å². The van der Waals surface area contributed by atoms with Crippen molar-refractivity contribution >= 4 is 15.1 Å². The number of hydrogen-bond acceptors (Lipinski definition) is 3. The van der Waals surface area contributed by atoms with Crippen molar-refractivity contribution in [1.82, 2.24) is 0 Å². The van der Waals surface area contributed by atoms with Crippen LogP contribution in [-0.4, -0.2) is 19.4 Å². The lowest BCUT2D eigenvalue weighted by Gasteiger charge is -2.00. The van der Waals surface area contributed by atoms with Gasteiger partial charge in [0, 0.05) is 0 Å². The standard InChI is InChI=1S/C9H19NO3S/c1-2-3-4-5-6-7-8-14(12,13)9(10)11/h2-8H2,1H3,(H2,10,11). The van der Waals surface area contributed by atoms with Gasteiger partial charge in [-0.1, -0.05) is 39.0 Å². The van der Waals surface area contributed by atoms with Gasteiger partial charge in [0.25, 0.3) is 0 Å². The summed E-state index contributed by atoms with van der Waals surface area (Å²) in [7, 11) is -3.65. The summed E-state index contributed by atoms with van der Waals surface area (Å²) in [6, 6.07) is 0. The van der Waals surface area contributed by atoms with E-state index >= 15 is 0 Å². The topological polar surface area (TPSA) is 77.2 Å². The Balaban J connectivity index is 3.50. The zero-order valence-corrected chi connectivity index (χ0v) is 9.48. The summed E-state index contributed by atoms with van der Waals surface area (Å²) in [5.74, 6) is -0.103. The molecule has 0 aliphatic heterocycles. The summed E-state index contributed by atoms with van der Waals surface area (Å²) >= 11 is 0. The zero-order valence-electron chi connectivity index (χ0n) is 8.66. The fourth-order valence-corrected chi connectivity index (χ4v) is 1.96. The fourth-order valence-electron chi connectivity index (χ4n) is 1.17. The van der Waals surface area contributed by atoms with Gasteiger partial charge in [-0.2, -0.15) is 0 Å². The van der Waals surface area contributed by atoms with Crippen molar-refractivity contribution in [2.24, 2.45) is 5.73 Å². The number of primary amides is 1. The van der Waals surface area contributed by atoms with Crippen molar-refractivity contribution in [2.45, 2.75) is 45.4 Å². The van der Waals surface area contributed by atoms with Gasteiger partial charge < -0.3 is 5.73 Å². The first-order valence-electron chi connectivity index (χ1n) is 5.03. The third kappa shape index (κ3) is 5.96. The molecule has 0 bridgehead atoms. The van der Waals surface area contributed by atoms with Gasteiger partial charge in [0.2, 0.25) is 9.84 Å². The third-order valence-corrected chi connectivity index (χ3v) is 3.51. The number of sulfone groups is 1. The van der Waals surface area contributed by atoms with Crippen LogP contribution < -0.4 is 5.73 Å². The van der Waals surface area contributed by atoms with Gasteiger partial charge >= 0.3 is 5.24 Å². The predicted molar refractivity (Wildman–Crippen MR) is 56.7 cm³/mol. The van der Waals surface area contributed by atoms with Gasteiger partial charge in [0.05, 0.1) is 5.75 Å². The number of carbonyl (C=O) groups excluding carboxylic acids is 1. The average molecular weight is 221 g/mol. The van der Waals surface area contributed by atoms with Gasteiger partial charge in [-0.25, -0.2) is 8.42 Å². The third-order valence-electron chi connectivity index (χ3n) is 2.07. The number of carbonyl (C=O) groups is 1. The molecule has 0 spiro atoms. The molecule has 4 nitrogen and oxygen atoms in total. The lowest BCUT2D eigenvalue weighted by molar-refractivity contribution is 0.265. The van der Waals surface area contributed by atoms with Gasteiger partial charge in [0.1, 0.15) is 0 Å². The van der Waals surface area contributed by atoms with E-state index in [1.807, 2.05) is 0 Å². The van der Waals surface area contributed by atoms with Gasteiger partial charge in [0.15, 0.2) is 0 Å². The van der Waals surface area contributed by atoms with E-state index < -0.39 is 15.1 Å². The Kier molecular flexibility index (Phi) is 6.53. The molecule has 0 aliphatic rings. The monoisotopic (exact) mass is 221 g/mol. The fraction of sp³-hybridized carbons (Fsp3) is 0.889. The number of amides is 1. The van der Waals surface area contributed by atoms with E-state index in [0.29, 0.717) is 6.42 Å². The number of hydrogen-bond donors (Lipinski definition) is 1. The minimum Gasteiger partial charge on any atom is -0.356 e. The van der Waals surface area contributed by atoms with Crippen LogP contribution in [0, 0.1) is 0 Å². The Morgan fingerprint density at radius 2 is 1.57 bits per heavy atom. The second kappa shape index (κ2) is 6.81. The number of unbranched alkanes of at least 4 members (excludes halogenated alkanes) is 5. The van der Waals surface area contributed by atoms with E-state index in [-0.39, 0.29) is 5.75 Å². The summed E-state index contributed by atoms with van der Waals surface area (Å²) in [6.45, 7) is 2.12. The molecule has 0 aromatic carbocycles. The van der Waals surface area contributed by atoms with E-state index in [2.05, 4.69) is 6.92 Å².